The van der Waals surface area contributed by atoms with Gasteiger partial charge >= 0.3 is 0 Å². The number of anilines is 1. The third-order valence-electron chi connectivity index (χ3n) is 2.58. The number of nitrogens with one attached hydrogen (secondary N) is 2. The summed E-state index contributed by atoms with van der Waals surface area (Å²) in [6, 6.07) is 3.80. The Bertz CT molecular complexity index is 683. The highest BCUT2D eigenvalue weighted by molar-refractivity contribution is 7.90. The quantitative estimate of drug-likeness (QED) is 0.768. The summed E-state index contributed by atoms with van der Waals surface area (Å²) in [5.74, 6) is 0.264. The number of H-pyrrole nitrogens is 1. The van der Waals surface area contributed by atoms with Gasteiger partial charge in [0, 0.05) is 17.1 Å². The Morgan fingerprint density at radius 3 is 2.61 bits per heavy atom. The van der Waals surface area contributed by atoms with E-state index >= 15 is 0 Å². The van der Waals surface area contributed by atoms with E-state index in [2.05, 4.69) is 14.7 Å². The molecule has 0 fully saturated rings. The first-order valence-corrected chi connectivity index (χ1v) is 7.00. The predicted molar refractivity (Wildman–Crippen MR) is 71.5 cm³/mol. The predicted octanol–water partition coefficient (Wildman–Crippen LogP) is 1.48. The van der Waals surface area contributed by atoms with Crippen LogP contribution in [0.5, 0.6) is 0 Å². The lowest BCUT2D eigenvalue weighted by Crippen LogP contribution is -2.25. The first-order chi connectivity index (χ1) is 8.17. The van der Waals surface area contributed by atoms with E-state index in [0.717, 1.165) is 10.9 Å². The molecule has 2 aromatic heterocycles. The molecule has 0 aliphatic heterocycles. The fourth-order valence-electron chi connectivity index (χ4n) is 1.77. The lowest BCUT2D eigenvalue weighted by Gasteiger charge is -2.22. The minimum Gasteiger partial charge on any atom is -0.346 e. The van der Waals surface area contributed by atoms with E-state index in [1.165, 1.54) is 0 Å². The maximum atomic E-state index is 11.2. The monoisotopic (exact) mass is 268 g/mol. The van der Waals surface area contributed by atoms with Crippen molar-refractivity contribution in [3.63, 3.8) is 0 Å². The number of aromatic nitrogens is 2. The second-order valence-electron chi connectivity index (χ2n) is 5.20. The largest absolute Gasteiger partial charge is 0.346 e. The molecule has 0 aliphatic carbocycles. The van der Waals surface area contributed by atoms with Crippen LogP contribution < -0.4 is 9.86 Å². The van der Waals surface area contributed by atoms with Crippen LogP contribution in [0.2, 0.25) is 0 Å². The molecule has 7 heteroatoms. The highest BCUT2D eigenvalue weighted by Crippen LogP contribution is 2.31. The van der Waals surface area contributed by atoms with E-state index in [1.807, 2.05) is 32.9 Å². The zero-order valence-electron chi connectivity index (χ0n) is 10.5. The summed E-state index contributed by atoms with van der Waals surface area (Å²) >= 11 is 0. The van der Waals surface area contributed by atoms with E-state index in [1.54, 1.807) is 6.20 Å². The summed E-state index contributed by atoms with van der Waals surface area (Å²) < 4.78 is 24.6. The number of rotatable bonds is 2. The van der Waals surface area contributed by atoms with Crippen LogP contribution in [0.1, 0.15) is 26.3 Å². The number of hydrogen-bond acceptors (Lipinski definition) is 3. The number of hydrogen-bond donors (Lipinski definition) is 3. The lowest BCUT2D eigenvalue weighted by atomic mass is 9.87. The zero-order chi connectivity index (χ0) is 13.6. The Morgan fingerprint density at radius 1 is 1.39 bits per heavy atom. The summed E-state index contributed by atoms with van der Waals surface area (Å²) in [4.78, 5) is 7.20. The van der Waals surface area contributed by atoms with Crippen LogP contribution in [0.3, 0.4) is 0 Å². The maximum Gasteiger partial charge on any atom is 0.297 e. The average Bonchev–Trinajstić information content (AvgIpc) is 2.58. The summed E-state index contributed by atoms with van der Waals surface area (Å²) in [6.07, 6.45) is 1.75. The van der Waals surface area contributed by atoms with Gasteiger partial charge in [-0.25, -0.2) is 10.1 Å². The maximum absolute atomic E-state index is 11.2. The van der Waals surface area contributed by atoms with Crippen LogP contribution in [-0.4, -0.2) is 18.4 Å². The molecule has 0 aromatic carbocycles. The van der Waals surface area contributed by atoms with Gasteiger partial charge in [-0.05, 0) is 17.5 Å². The third-order valence-corrected chi connectivity index (χ3v) is 3.06. The fraction of sp³-hybridized carbons (Fsp3) is 0.364. The molecule has 0 aliphatic rings. The van der Waals surface area contributed by atoms with Crippen LogP contribution >= 0.6 is 0 Å². The number of fused-ring (bicyclic) bond motifs is 1. The average molecular weight is 268 g/mol. The normalized spacial score (nSPS) is 12.9. The van der Waals surface area contributed by atoms with Crippen molar-refractivity contribution in [1.82, 2.24) is 9.97 Å². The molecule has 0 atom stereocenters. The third kappa shape index (κ3) is 2.62. The number of aromatic amines is 1. The minimum atomic E-state index is -3.84. The molecule has 2 rings (SSSR count). The highest BCUT2D eigenvalue weighted by atomic mass is 32.2. The molecular formula is C11H16N4O2S. The Hall–Kier alpha value is -1.60. The molecule has 0 bridgehead atoms. The Morgan fingerprint density at radius 2 is 2.06 bits per heavy atom. The van der Waals surface area contributed by atoms with Crippen molar-refractivity contribution >= 4 is 27.1 Å². The van der Waals surface area contributed by atoms with Crippen LogP contribution in [-0.2, 0) is 15.6 Å². The van der Waals surface area contributed by atoms with Gasteiger partial charge in [-0.15, -0.1) is 0 Å². The molecule has 0 saturated carbocycles. The highest BCUT2D eigenvalue weighted by Gasteiger charge is 2.22. The molecular weight excluding hydrogens is 252 g/mol. The Balaban J connectivity index is 2.67. The Kier molecular flexibility index (Phi) is 2.83. The van der Waals surface area contributed by atoms with E-state index < -0.39 is 10.2 Å². The van der Waals surface area contributed by atoms with E-state index in [9.17, 15) is 8.42 Å². The molecule has 2 aromatic rings. The minimum absolute atomic E-state index is 0.245. The molecule has 6 nitrogen and oxygen atoms in total. The summed E-state index contributed by atoms with van der Waals surface area (Å²) in [5.41, 5.74) is 1.17. The van der Waals surface area contributed by atoms with E-state index in [-0.39, 0.29) is 11.2 Å². The van der Waals surface area contributed by atoms with E-state index in [0.29, 0.717) is 5.65 Å². The molecule has 18 heavy (non-hydrogen) atoms. The van der Waals surface area contributed by atoms with Gasteiger partial charge in [0.25, 0.3) is 10.2 Å². The van der Waals surface area contributed by atoms with Crippen molar-refractivity contribution in [3.8, 4) is 0 Å². The second-order valence-corrected chi connectivity index (χ2v) is 6.49. The molecule has 0 saturated heterocycles. The van der Waals surface area contributed by atoms with Crippen molar-refractivity contribution in [3.05, 3.63) is 23.9 Å². The van der Waals surface area contributed by atoms with Crippen LogP contribution in [0, 0.1) is 0 Å². The fourth-order valence-corrected chi connectivity index (χ4v) is 2.19. The van der Waals surface area contributed by atoms with Crippen molar-refractivity contribution in [1.29, 1.82) is 0 Å². The van der Waals surface area contributed by atoms with Crippen molar-refractivity contribution in [2.24, 2.45) is 5.14 Å². The van der Waals surface area contributed by atoms with Crippen LogP contribution in [0.15, 0.2) is 18.3 Å². The van der Waals surface area contributed by atoms with Gasteiger partial charge in [0.2, 0.25) is 0 Å². The molecule has 98 valence electrons. The lowest BCUT2D eigenvalue weighted by molar-refractivity contribution is 0.589. The molecule has 2 heterocycles. The van der Waals surface area contributed by atoms with Gasteiger partial charge < -0.3 is 4.98 Å². The van der Waals surface area contributed by atoms with Crippen molar-refractivity contribution in [2.75, 3.05) is 4.72 Å². The van der Waals surface area contributed by atoms with Crippen LogP contribution in [0.25, 0.3) is 11.0 Å². The molecule has 0 radical (unpaired) electrons. The van der Waals surface area contributed by atoms with Gasteiger partial charge in [-0.2, -0.15) is 8.42 Å². The molecule has 0 amide bonds. The first-order valence-electron chi connectivity index (χ1n) is 5.46. The topological polar surface area (TPSA) is 101 Å². The van der Waals surface area contributed by atoms with Gasteiger partial charge in [-0.3, -0.25) is 4.72 Å². The van der Waals surface area contributed by atoms with Gasteiger partial charge in [0.05, 0.1) is 0 Å². The van der Waals surface area contributed by atoms with Gasteiger partial charge in [0.1, 0.15) is 11.5 Å². The molecule has 0 spiro atoms. The van der Waals surface area contributed by atoms with Gasteiger partial charge in [0.15, 0.2) is 0 Å². The standard InChI is InChI=1S/C11H16N4O2S/c1-11(2,3)8-6-7-4-5-13-9(7)14-10(8)15-18(12,16)17/h4-6H,1-3H3,(H2,12,16,17)(H2,13,14,15). The van der Waals surface area contributed by atoms with Crippen molar-refractivity contribution < 1.29 is 8.42 Å². The first kappa shape index (κ1) is 12.8. The van der Waals surface area contributed by atoms with Crippen molar-refractivity contribution in [2.45, 2.75) is 26.2 Å². The van der Waals surface area contributed by atoms with E-state index in [4.69, 9.17) is 5.14 Å². The van der Waals surface area contributed by atoms with Crippen LogP contribution in [0.4, 0.5) is 5.82 Å². The summed E-state index contributed by atoms with van der Waals surface area (Å²) in [7, 11) is -3.84. The molecule has 4 N–H and O–H groups in total. The SMILES string of the molecule is CC(C)(C)c1cc2cc[nH]c2nc1NS(N)(=O)=O. The number of nitrogens with two attached hydrogens (primary N) is 1. The van der Waals surface area contributed by atoms with Gasteiger partial charge in [-0.1, -0.05) is 20.8 Å². The summed E-state index contributed by atoms with van der Waals surface area (Å²) in [6.45, 7) is 5.95. The number of pyridine rings is 1. The number of nitrogens with zero attached hydrogens (tertiary/aromatic N) is 1. The second kappa shape index (κ2) is 3.96. The zero-order valence-corrected chi connectivity index (χ0v) is 11.3. The summed E-state index contributed by atoms with van der Waals surface area (Å²) in [5, 5.41) is 5.94. The molecule has 0 unspecified atom stereocenters. The Labute approximate surface area is 106 Å². The smallest absolute Gasteiger partial charge is 0.297 e.